The molecular weight excluding hydrogens is 346 g/mol. The molecule has 0 aromatic rings. The smallest absolute Gasteiger partial charge is 0.245 e. The molecule has 8 nitrogen and oxygen atoms in total. The fraction of sp³-hybridized carbons (Fsp3) is 0.875. The van der Waals surface area contributed by atoms with Crippen molar-refractivity contribution in [1.82, 2.24) is 14.5 Å². The molecule has 0 aromatic heterocycles. The fourth-order valence-corrected chi connectivity index (χ4v) is 4.09. The van der Waals surface area contributed by atoms with Gasteiger partial charge in [0.1, 0.15) is 6.04 Å². The van der Waals surface area contributed by atoms with Crippen LogP contribution in [0.25, 0.3) is 0 Å². The van der Waals surface area contributed by atoms with Gasteiger partial charge in [-0.1, -0.05) is 13.8 Å². The van der Waals surface area contributed by atoms with Crippen LogP contribution in [0, 0.1) is 11.8 Å². The summed E-state index contributed by atoms with van der Waals surface area (Å²) in [6.45, 7) is 6.66. The van der Waals surface area contributed by atoms with E-state index in [4.69, 9.17) is 4.74 Å². The quantitative estimate of drug-likeness (QED) is 0.709. The van der Waals surface area contributed by atoms with E-state index in [2.05, 4.69) is 5.32 Å². The summed E-state index contributed by atoms with van der Waals surface area (Å²) in [5, 5.41) is 2.90. The van der Waals surface area contributed by atoms with Gasteiger partial charge in [-0.15, -0.1) is 0 Å². The summed E-state index contributed by atoms with van der Waals surface area (Å²) in [7, 11) is -3.21. The van der Waals surface area contributed by atoms with Crippen LogP contribution in [0.4, 0.5) is 0 Å². The molecular formula is C16H29N3O5S. The Morgan fingerprint density at radius 1 is 1.08 bits per heavy atom. The molecule has 0 spiro atoms. The highest BCUT2D eigenvalue weighted by molar-refractivity contribution is 7.88. The van der Waals surface area contributed by atoms with Gasteiger partial charge < -0.3 is 15.0 Å². The van der Waals surface area contributed by atoms with Gasteiger partial charge in [-0.2, -0.15) is 0 Å². The van der Waals surface area contributed by atoms with Crippen LogP contribution < -0.4 is 5.32 Å². The number of morpholine rings is 1. The highest BCUT2D eigenvalue weighted by Gasteiger charge is 2.34. The van der Waals surface area contributed by atoms with Crippen molar-refractivity contribution in [3.8, 4) is 0 Å². The maximum Gasteiger partial charge on any atom is 0.245 e. The van der Waals surface area contributed by atoms with Crippen molar-refractivity contribution < 1.29 is 22.7 Å². The topological polar surface area (TPSA) is 96.0 Å². The van der Waals surface area contributed by atoms with E-state index in [1.54, 1.807) is 4.90 Å². The van der Waals surface area contributed by atoms with Crippen molar-refractivity contribution >= 4 is 21.8 Å². The molecule has 2 heterocycles. The second-order valence-corrected chi connectivity index (χ2v) is 9.09. The Labute approximate surface area is 149 Å². The van der Waals surface area contributed by atoms with Gasteiger partial charge in [0, 0.05) is 32.1 Å². The maximum atomic E-state index is 12.7. The second kappa shape index (κ2) is 8.46. The molecule has 2 aliphatic heterocycles. The van der Waals surface area contributed by atoms with Crippen molar-refractivity contribution in [1.29, 1.82) is 0 Å². The average Bonchev–Trinajstić information content (AvgIpc) is 2.58. The standard InChI is InChI=1S/C16H29N3O5S/c1-12(2)14(16(21)18-8-10-24-11-9-18)17-15(20)13-4-6-19(7-5-13)25(3,22)23/h12-14H,4-11H2,1-3H3,(H,17,20)/t14-/m0/s1. The molecule has 2 fully saturated rings. The zero-order valence-corrected chi connectivity index (χ0v) is 16.0. The van der Waals surface area contributed by atoms with E-state index in [-0.39, 0.29) is 23.7 Å². The Morgan fingerprint density at radius 3 is 2.12 bits per heavy atom. The number of carbonyl (C=O) groups excluding carboxylic acids is 2. The highest BCUT2D eigenvalue weighted by Crippen LogP contribution is 2.20. The van der Waals surface area contributed by atoms with E-state index in [1.807, 2.05) is 13.8 Å². The van der Waals surface area contributed by atoms with Crippen LogP contribution in [0.1, 0.15) is 26.7 Å². The van der Waals surface area contributed by atoms with Crippen LogP contribution in [-0.4, -0.2) is 81.1 Å². The van der Waals surface area contributed by atoms with Crippen molar-refractivity contribution in [2.45, 2.75) is 32.7 Å². The Kier molecular flexibility index (Phi) is 6.81. The van der Waals surface area contributed by atoms with Crippen molar-refractivity contribution in [2.24, 2.45) is 11.8 Å². The van der Waals surface area contributed by atoms with Crippen molar-refractivity contribution in [3.63, 3.8) is 0 Å². The van der Waals surface area contributed by atoms with Gasteiger partial charge in [0.05, 0.1) is 19.5 Å². The molecule has 25 heavy (non-hydrogen) atoms. The first-order chi connectivity index (χ1) is 11.7. The summed E-state index contributed by atoms with van der Waals surface area (Å²) in [6.07, 6.45) is 2.15. The summed E-state index contributed by atoms with van der Waals surface area (Å²) in [5.41, 5.74) is 0. The largest absolute Gasteiger partial charge is 0.378 e. The zero-order chi connectivity index (χ0) is 18.6. The second-order valence-electron chi connectivity index (χ2n) is 7.10. The third kappa shape index (κ3) is 5.39. The number of piperidine rings is 1. The molecule has 2 saturated heterocycles. The number of nitrogens with one attached hydrogen (secondary N) is 1. The minimum atomic E-state index is -3.21. The lowest BCUT2D eigenvalue weighted by Crippen LogP contribution is -2.55. The molecule has 2 amide bonds. The predicted molar refractivity (Wildman–Crippen MR) is 93.3 cm³/mol. The summed E-state index contributed by atoms with van der Waals surface area (Å²) in [4.78, 5) is 27.0. The average molecular weight is 375 g/mol. The van der Waals surface area contributed by atoms with Crippen LogP contribution in [-0.2, 0) is 24.3 Å². The van der Waals surface area contributed by atoms with Crippen LogP contribution >= 0.6 is 0 Å². The summed E-state index contributed by atoms with van der Waals surface area (Å²) < 4.78 is 29.8. The zero-order valence-electron chi connectivity index (χ0n) is 15.2. The Balaban J connectivity index is 1.93. The Bertz CT molecular complexity index is 579. The molecule has 0 saturated carbocycles. The number of hydrogen-bond donors (Lipinski definition) is 1. The fourth-order valence-electron chi connectivity index (χ4n) is 3.21. The summed E-state index contributed by atoms with van der Waals surface area (Å²) >= 11 is 0. The SMILES string of the molecule is CC(C)[C@H](NC(=O)C1CCN(S(C)(=O)=O)CC1)C(=O)N1CCOCC1. The van der Waals surface area contributed by atoms with Gasteiger partial charge in [-0.05, 0) is 18.8 Å². The third-order valence-electron chi connectivity index (χ3n) is 4.85. The van der Waals surface area contributed by atoms with Crippen LogP contribution in [0.5, 0.6) is 0 Å². The van der Waals surface area contributed by atoms with E-state index in [0.717, 1.165) is 0 Å². The Morgan fingerprint density at radius 2 is 1.64 bits per heavy atom. The normalized spacial score (nSPS) is 22.0. The van der Waals surface area contributed by atoms with Crippen LogP contribution in [0.15, 0.2) is 0 Å². The number of sulfonamides is 1. The molecule has 0 aliphatic carbocycles. The predicted octanol–water partition coefficient (Wildman–Crippen LogP) is -0.342. The molecule has 2 rings (SSSR count). The Hall–Kier alpha value is -1.19. The molecule has 9 heteroatoms. The lowest BCUT2D eigenvalue weighted by Gasteiger charge is -2.34. The van der Waals surface area contributed by atoms with E-state index in [0.29, 0.717) is 52.2 Å². The minimum Gasteiger partial charge on any atom is -0.378 e. The number of nitrogens with zero attached hydrogens (tertiary/aromatic N) is 2. The maximum absolute atomic E-state index is 12.7. The number of ether oxygens (including phenoxy) is 1. The highest BCUT2D eigenvalue weighted by atomic mass is 32.2. The van der Waals surface area contributed by atoms with E-state index >= 15 is 0 Å². The monoisotopic (exact) mass is 375 g/mol. The molecule has 0 bridgehead atoms. The lowest BCUT2D eigenvalue weighted by molar-refractivity contribution is -0.142. The number of rotatable bonds is 5. The first-order valence-electron chi connectivity index (χ1n) is 8.82. The third-order valence-corrected chi connectivity index (χ3v) is 6.15. The first-order valence-corrected chi connectivity index (χ1v) is 10.7. The van der Waals surface area contributed by atoms with Crippen LogP contribution in [0.3, 0.4) is 0 Å². The van der Waals surface area contributed by atoms with Crippen molar-refractivity contribution in [2.75, 3.05) is 45.6 Å². The van der Waals surface area contributed by atoms with E-state index in [1.165, 1.54) is 10.6 Å². The molecule has 0 unspecified atom stereocenters. The first kappa shape index (κ1) is 20.1. The van der Waals surface area contributed by atoms with Crippen molar-refractivity contribution in [3.05, 3.63) is 0 Å². The van der Waals surface area contributed by atoms with Gasteiger partial charge in [0.25, 0.3) is 0 Å². The van der Waals surface area contributed by atoms with E-state index < -0.39 is 16.1 Å². The molecule has 0 radical (unpaired) electrons. The lowest BCUT2D eigenvalue weighted by atomic mass is 9.95. The van der Waals surface area contributed by atoms with Gasteiger partial charge in [0.2, 0.25) is 21.8 Å². The van der Waals surface area contributed by atoms with Gasteiger partial charge in [-0.25, -0.2) is 12.7 Å². The molecule has 1 atom stereocenters. The molecule has 2 aliphatic rings. The number of hydrogen-bond acceptors (Lipinski definition) is 5. The van der Waals surface area contributed by atoms with Gasteiger partial charge >= 0.3 is 0 Å². The minimum absolute atomic E-state index is 0.0181. The number of amides is 2. The molecule has 0 aromatic carbocycles. The van der Waals surface area contributed by atoms with Gasteiger partial charge in [-0.3, -0.25) is 9.59 Å². The van der Waals surface area contributed by atoms with Gasteiger partial charge in [0.15, 0.2) is 0 Å². The van der Waals surface area contributed by atoms with E-state index in [9.17, 15) is 18.0 Å². The van der Waals surface area contributed by atoms with Crippen LogP contribution in [0.2, 0.25) is 0 Å². The molecule has 1 N–H and O–H groups in total. The summed E-state index contributed by atoms with van der Waals surface area (Å²) in [5.74, 6) is -0.499. The molecule has 144 valence electrons. The summed E-state index contributed by atoms with van der Waals surface area (Å²) in [6, 6.07) is -0.557. The number of carbonyl (C=O) groups is 2.